The maximum absolute atomic E-state index is 12.3. The van der Waals surface area contributed by atoms with Crippen molar-refractivity contribution >= 4 is 17.5 Å². The van der Waals surface area contributed by atoms with Gasteiger partial charge in [-0.3, -0.25) is 9.59 Å². The molecule has 0 aliphatic heterocycles. The molecule has 27 heavy (non-hydrogen) atoms. The zero-order chi connectivity index (χ0) is 20.0. The van der Waals surface area contributed by atoms with Gasteiger partial charge in [-0.05, 0) is 36.5 Å². The van der Waals surface area contributed by atoms with Gasteiger partial charge in [0.05, 0.1) is 0 Å². The van der Waals surface area contributed by atoms with E-state index in [4.69, 9.17) is 0 Å². The van der Waals surface area contributed by atoms with Crippen LogP contribution in [0.25, 0.3) is 0 Å². The van der Waals surface area contributed by atoms with E-state index in [0.717, 1.165) is 22.4 Å². The summed E-state index contributed by atoms with van der Waals surface area (Å²) in [6.45, 7) is 10.7. The second-order valence-electron chi connectivity index (χ2n) is 7.35. The first kappa shape index (κ1) is 20.7. The Morgan fingerprint density at radius 2 is 1.70 bits per heavy atom. The molecule has 0 saturated carbocycles. The second kappa shape index (κ2) is 9.36. The largest absolute Gasteiger partial charge is 0.352 e. The summed E-state index contributed by atoms with van der Waals surface area (Å²) in [7, 11) is 0. The van der Waals surface area contributed by atoms with Gasteiger partial charge in [-0.15, -0.1) is 0 Å². The van der Waals surface area contributed by atoms with Crippen molar-refractivity contribution in [2.75, 3.05) is 11.4 Å². The fourth-order valence-corrected chi connectivity index (χ4v) is 3.15. The maximum atomic E-state index is 12.3. The van der Waals surface area contributed by atoms with Crippen LogP contribution in [0, 0.1) is 13.8 Å². The minimum Gasteiger partial charge on any atom is -0.352 e. The van der Waals surface area contributed by atoms with Gasteiger partial charge < -0.3 is 10.2 Å². The number of para-hydroxylation sites is 1. The lowest BCUT2D eigenvalue weighted by atomic mass is 9.97. The zero-order valence-electron chi connectivity index (χ0n) is 17.0. The highest BCUT2D eigenvalue weighted by molar-refractivity contribution is 5.94. The molecule has 2 aromatic carbocycles. The number of aryl methyl sites for hydroxylation is 2. The zero-order valence-corrected chi connectivity index (χ0v) is 17.0. The SMILES string of the molecule is CC(=O)N(CCC(=O)NCc1ccc(C)cc1)c1c(C)cccc1C(C)C. The van der Waals surface area contributed by atoms with Crippen molar-refractivity contribution in [2.45, 2.75) is 53.5 Å². The number of hydrogen-bond acceptors (Lipinski definition) is 2. The Kier molecular flexibility index (Phi) is 7.17. The molecule has 4 heteroatoms. The summed E-state index contributed by atoms with van der Waals surface area (Å²) in [6, 6.07) is 14.2. The smallest absolute Gasteiger partial charge is 0.223 e. The topological polar surface area (TPSA) is 49.4 Å². The van der Waals surface area contributed by atoms with E-state index in [2.05, 4.69) is 25.2 Å². The normalized spacial score (nSPS) is 10.7. The molecule has 2 amide bonds. The van der Waals surface area contributed by atoms with Crippen molar-refractivity contribution < 1.29 is 9.59 Å². The average Bonchev–Trinajstić information content (AvgIpc) is 2.62. The minimum atomic E-state index is -0.0542. The minimum absolute atomic E-state index is 0.0439. The van der Waals surface area contributed by atoms with Crippen LogP contribution in [-0.2, 0) is 16.1 Å². The summed E-state index contributed by atoms with van der Waals surface area (Å²) in [5.74, 6) is 0.205. The molecule has 0 aromatic heterocycles. The van der Waals surface area contributed by atoms with Crippen LogP contribution in [0.4, 0.5) is 5.69 Å². The first-order valence-corrected chi connectivity index (χ1v) is 9.49. The van der Waals surface area contributed by atoms with Crippen LogP contribution < -0.4 is 10.2 Å². The summed E-state index contributed by atoms with van der Waals surface area (Å²) in [4.78, 5) is 26.3. The summed E-state index contributed by atoms with van der Waals surface area (Å²) < 4.78 is 0. The Balaban J connectivity index is 2.04. The van der Waals surface area contributed by atoms with Gasteiger partial charge in [-0.25, -0.2) is 0 Å². The van der Waals surface area contributed by atoms with Crippen LogP contribution >= 0.6 is 0 Å². The molecule has 0 fully saturated rings. The Labute approximate surface area is 162 Å². The van der Waals surface area contributed by atoms with Crippen LogP contribution in [-0.4, -0.2) is 18.4 Å². The van der Waals surface area contributed by atoms with E-state index in [1.807, 2.05) is 50.2 Å². The van der Waals surface area contributed by atoms with Crippen LogP contribution in [0.2, 0.25) is 0 Å². The number of nitrogens with one attached hydrogen (secondary N) is 1. The van der Waals surface area contributed by atoms with Crippen molar-refractivity contribution in [1.82, 2.24) is 5.32 Å². The van der Waals surface area contributed by atoms with Crippen LogP contribution in [0.15, 0.2) is 42.5 Å². The number of anilines is 1. The van der Waals surface area contributed by atoms with Crippen molar-refractivity contribution in [2.24, 2.45) is 0 Å². The summed E-state index contributed by atoms with van der Waals surface area (Å²) in [5, 5.41) is 2.94. The third kappa shape index (κ3) is 5.68. The van der Waals surface area contributed by atoms with Gasteiger partial charge >= 0.3 is 0 Å². The number of amides is 2. The van der Waals surface area contributed by atoms with E-state index >= 15 is 0 Å². The predicted octanol–water partition coefficient (Wildman–Crippen LogP) is 4.49. The van der Waals surface area contributed by atoms with Gasteiger partial charge in [-0.2, -0.15) is 0 Å². The molecule has 0 unspecified atom stereocenters. The molecule has 2 aromatic rings. The van der Waals surface area contributed by atoms with E-state index in [1.54, 1.807) is 11.8 Å². The fraction of sp³-hybridized carbons (Fsp3) is 0.391. The molecule has 2 rings (SSSR count). The molecule has 0 bridgehead atoms. The highest BCUT2D eigenvalue weighted by atomic mass is 16.2. The first-order chi connectivity index (χ1) is 12.8. The number of hydrogen-bond donors (Lipinski definition) is 1. The quantitative estimate of drug-likeness (QED) is 0.785. The molecule has 0 atom stereocenters. The van der Waals surface area contributed by atoms with Crippen molar-refractivity contribution in [3.63, 3.8) is 0 Å². The second-order valence-corrected chi connectivity index (χ2v) is 7.35. The average molecular weight is 367 g/mol. The predicted molar refractivity (Wildman–Crippen MR) is 111 cm³/mol. The fourth-order valence-electron chi connectivity index (χ4n) is 3.15. The van der Waals surface area contributed by atoms with Crippen LogP contribution in [0.1, 0.15) is 55.4 Å². The molecular weight excluding hydrogens is 336 g/mol. The van der Waals surface area contributed by atoms with Gasteiger partial charge in [0.2, 0.25) is 11.8 Å². The number of benzene rings is 2. The monoisotopic (exact) mass is 366 g/mol. The van der Waals surface area contributed by atoms with E-state index in [9.17, 15) is 9.59 Å². The number of carbonyl (C=O) groups excluding carboxylic acids is 2. The number of rotatable bonds is 7. The maximum Gasteiger partial charge on any atom is 0.223 e. The molecule has 1 N–H and O–H groups in total. The van der Waals surface area contributed by atoms with Crippen molar-refractivity contribution in [3.05, 3.63) is 64.7 Å². The van der Waals surface area contributed by atoms with Crippen molar-refractivity contribution in [3.8, 4) is 0 Å². The molecule has 0 radical (unpaired) electrons. The Morgan fingerprint density at radius 3 is 2.30 bits per heavy atom. The first-order valence-electron chi connectivity index (χ1n) is 9.49. The van der Waals surface area contributed by atoms with E-state index in [0.29, 0.717) is 19.0 Å². The summed E-state index contributed by atoms with van der Waals surface area (Å²) in [5.41, 5.74) is 5.38. The molecule has 0 spiro atoms. The van der Waals surface area contributed by atoms with Crippen LogP contribution in [0.5, 0.6) is 0 Å². The Hall–Kier alpha value is -2.62. The lowest BCUT2D eigenvalue weighted by Gasteiger charge is -2.27. The van der Waals surface area contributed by atoms with Crippen LogP contribution in [0.3, 0.4) is 0 Å². The van der Waals surface area contributed by atoms with E-state index in [-0.39, 0.29) is 18.2 Å². The lowest BCUT2D eigenvalue weighted by Crippen LogP contribution is -2.35. The molecule has 0 heterocycles. The number of nitrogens with zero attached hydrogens (tertiary/aromatic N) is 1. The van der Waals surface area contributed by atoms with Crippen molar-refractivity contribution in [1.29, 1.82) is 0 Å². The third-order valence-corrected chi connectivity index (χ3v) is 4.71. The lowest BCUT2D eigenvalue weighted by molar-refractivity contribution is -0.121. The van der Waals surface area contributed by atoms with E-state index < -0.39 is 0 Å². The Morgan fingerprint density at radius 1 is 1.04 bits per heavy atom. The number of carbonyl (C=O) groups is 2. The highest BCUT2D eigenvalue weighted by Gasteiger charge is 2.20. The standard InChI is InChI=1S/C23H30N2O2/c1-16(2)21-8-6-7-18(4)23(21)25(19(5)26)14-13-22(27)24-15-20-11-9-17(3)10-12-20/h6-12,16H,13-15H2,1-5H3,(H,24,27). The van der Waals surface area contributed by atoms with Gasteiger partial charge in [0, 0.05) is 32.1 Å². The van der Waals surface area contributed by atoms with Gasteiger partial charge in [-0.1, -0.05) is 61.9 Å². The molecule has 0 aliphatic carbocycles. The third-order valence-electron chi connectivity index (χ3n) is 4.71. The highest BCUT2D eigenvalue weighted by Crippen LogP contribution is 2.31. The summed E-state index contributed by atoms with van der Waals surface area (Å²) in [6.07, 6.45) is 0.275. The molecule has 144 valence electrons. The van der Waals surface area contributed by atoms with E-state index in [1.165, 1.54) is 5.56 Å². The molecular formula is C23H30N2O2. The molecule has 0 aliphatic rings. The van der Waals surface area contributed by atoms with Gasteiger partial charge in [0.15, 0.2) is 0 Å². The molecule has 0 saturated heterocycles. The van der Waals surface area contributed by atoms with Gasteiger partial charge in [0.1, 0.15) is 0 Å². The summed E-state index contributed by atoms with van der Waals surface area (Å²) >= 11 is 0. The van der Waals surface area contributed by atoms with Gasteiger partial charge in [0.25, 0.3) is 0 Å². The molecule has 4 nitrogen and oxygen atoms in total. The Bertz CT molecular complexity index is 795.